The van der Waals surface area contributed by atoms with Crippen molar-refractivity contribution in [1.82, 2.24) is 14.3 Å². The van der Waals surface area contributed by atoms with Crippen molar-refractivity contribution >= 4 is 10.2 Å². The van der Waals surface area contributed by atoms with Gasteiger partial charge in [0.15, 0.2) is 0 Å². The molecule has 0 amide bonds. The molecule has 2 N–H and O–H groups in total. The number of methoxy groups -OCH3 is 1. The summed E-state index contributed by atoms with van der Waals surface area (Å²) in [4.78, 5) is 0. The molecule has 1 heterocycles. The van der Waals surface area contributed by atoms with Gasteiger partial charge in [0.25, 0.3) is 10.2 Å². The minimum absolute atomic E-state index is 0.0114. The average molecular weight is 305 g/mol. The molecule has 2 fully saturated rings. The monoisotopic (exact) mass is 305 g/mol. The van der Waals surface area contributed by atoms with E-state index in [1.807, 2.05) is 7.05 Å². The van der Waals surface area contributed by atoms with E-state index in [1.165, 1.54) is 0 Å². The van der Waals surface area contributed by atoms with Crippen molar-refractivity contribution in [2.75, 3.05) is 27.2 Å². The van der Waals surface area contributed by atoms with E-state index < -0.39 is 10.2 Å². The van der Waals surface area contributed by atoms with Gasteiger partial charge < -0.3 is 10.1 Å². The quantitative estimate of drug-likeness (QED) is 0.748. The molecule has 1 aliphatic carbocycles. The van der Waals surface area contributed by atoms with Crippen LogP contribution >= 0.6 is 0 Å². The van der Waals surface area contributed by atoms with E-state index >= 15 is 0 Å². The van der Waals surface area contributed by atoms with Crippen molar-refractivity contribution in [3.05, 3.63) is 0 Å². The molecule has 0 spiro atoms. The molecule has 2 aliphatic rings. The first-order valence-electron chi connectivity index (χ1n) is 7.55. The highest BCUT2D eigenvalue weighted by Crippen LogP contribution is 2.25. The Morgan fingerprint density at radius 3 is 2.70 bits per heavy atom. The molecule has 3 atom stereocenters. The smallest absolute Gasteiger partial charge is 0.280 e. The Bertz CT molecular complexity index is 400. The van der Waals surface area contributed by atoms with E-state index in [2.05, 4.69) is 10.0 Å². The second kappa shape index (κ2) is 7.17. The van der Waals surface area contributed by atoms with Crippen molar-refractivity contribution in [2.24, 2.45) is 0 Å². The topological polar surface area (TPSA) is 70.7 Å². The lowest BCUT2D eigenvalue weighted by Crippen LogP contribution is -2.55. The van der Waals surface area contributed by atoms with Crippen LogP contribution in [0.15, 0.2) is 0 Å². The highest BCUT2D eigenvalue weighted by Gasteiger charge is 2.36. The van der Waals surface area contributed by atoms with Crippen LogP contribution in [-0.2, 0) is 14.9 Å². The summed E-state index contributed by atoms with van der Waals surface area (Å²) in [5.74, 6) is 0. The van der Waals surface area contributed by atoms with Crippen LogP contribution < -0.4 is 10.0 Å². The summed E-state index contributed by atoms with van der Waals surface area (Å²) in [5, 5.41) is 3.09. The summed E-state index contributed by atoms with van der Waals surface area (Å²) in [6.45, 7) is 1.32. The number of nitrogens with one attached hydrogen (secondary N) is 2. The van der Waals surface area contributed by atoms with Crippen molar-refractivity contribution < 1.29 is 13.2 Å². The molecular formula is C13H27N3O3S. The van der Waals surface area contributed by atoms with Gasteiger partial charge in [0.1, 0.15) is 0 Å². The van der Waals surface area contributed by atoms with E-state index in [4.69, 9.17) is 4.74 Å². The van der Waals surface area contributed by atoms with Gasteiger partial charge in [0, 0.05) is 32.3 Å². The molecule has 1 saturated heterocycles. The standard InChI is InChI=1S/C13H27N3O3S/c1-14-10-11-6-3-4-9-16(11)20(17,18)15-12-7-5-8-13(12)19-2/h11-15H,3-10H2,1-2H3. The molecule has 6 nitrogen and oxygen atoms in total. The second-order valence-corrected chi connectivity index (χ2v) is 7.41. The third kappa shape index (κ3) is 3.71. The van der Waals surface area contributed by atoms with Crippen LogP contribution in [0.2, 0.25) is 0 Å². The maximum absolute atomic E-state index is 12.6. The predicted molar refractivity (Wildman–Crippen MR) is 78.8 cm³/mol. The lowest BCUT2D eigenvalue weighted by Gasteiger charge is -2.35. The van der Waals surface area contributed by atoms with Gasteiger partial charge in [-0.15, -0.1) is 0 Å². The lowest BCUT2D eigenvalue weighted by atomic mass is 10.1. The van der Waals surface area contributed by atoms with Gasteiger partial charge >= 0.3 is 0 Å². The SMILES string of the molecule is CNCC1CCCCN1S(=O)(=O)NC1CCCC1OC. The van der Waals surface area contributed by atoms with Gasteiger partial charge in [-0.1, -0.05) is 6.42 Å². The summed E-state index contributed by atoms with van der Waals surface area (Å²) in [5.41, 5.74) is 0. The molecule has 3 unspecified atom stereocenters. The van der Waals surface area contributed by atoms with Crippen molar-refractivity contribution in [3.8, 4) is 0 Å². The molecule has 20 heavy (non-hydrogen) atoms. The van der Waals surface area contributed by atoms with Crippen LogP contribution in [0.3, 0.4) is 0 Å². The molecule has 1 aliphatic heterocycles. The summed E-state index contributed by atoms with van der Waals surface area (Å²) in [6.07, 6.45) is 5.80. The zero-order chi connectivity index (χ0) is 14.6. The molecule has 118 valence electrons. The Morgan fingerprint density at radius 2 is 2.00 bits per heavy atom. The molecule has 2 rings (SSSR count). The van der Waals surface area contributed by atoms with Crippen LogP contribution in [-0.4, -0.2) is 58.2 Å². The highest BCUT2D eigenvalue weighted by molar-refractivity contribution is 7.87. The Kier molecular flexibility index (Phi) is 5.80. The van der Waals surface area contributed by atoms with Gasteiger partial charge in [0.2, 0.25) is 0 Å². The summed E-state index contributed by atoms with van der Waals surface area (Å²) >= 11 is 0. The third-order valence-electron chi connectivity index (χ3n) is 4.38. The van der Waals surface area contributed by atoms with Gasteiger partial charge in [0.05, 0.1) is 6.10 Å². The summed E-state index contributed by atoms with van der Waals surface area (Å²) in [7, 11) is 0.103. The average Bonchev–Trinajstić information content (AvgIpc) is 2.86. The van der Waals surface area contributed by atoms with E-state index in [9.17, 15) is 8.42 Å². The van der Waals surface area contributed by atoms with E-state index in [1.54, 1.807) is 11.4 Å². The second-order valence-electron chi connectivity index (χ2n) is 5.75. The van der Waals surface area contributed by atoms with Crippen molar-refractivity contribution in [1.29, 1.82) is 0 Å². The van der Waals surface area contributed by atoms with Gasteiger partial charge in [-0.25, -0.2) is 0 Å². The Balaban J connectivity index is 2.04. The van der Waals surface area contributed by atoms with Crippen molar-refractivity contribution in [3.63, 3.8) is 0 Å². The fourth-order valence-electron chi connectivity index (χ4n) is 3.33. The first kappa shape index (κ1) is 16.2. The maximum atomic E-state index is 12.6. The van der Waals surface area contributed by atoms with Crippen molar-refractivity contribution in [2.45, 2.75) is 56.7 Å². The first-order valence-corrected chi connectivity index (χ1v) is 8.99. The minimum Gasteiger partial charge on any atom is -0.380 e. The summed E-state index contributed by atoms with van der Waals surface area (Å²) < 4.78 is 35.1. The van der Waals surface area contributed by atoms with E-state index in [0.717, 1.165) is 38.5 Å². The van der Waals surface area contributed by atoms with Crippen LogP contribution in [0.25, 0.3) is 0 Å². The minimum atomic E-state index is -3.42. The Morgan fingerprint density at radius 1 is 1.20 bits per heavy atom. The first-order chi connectivity index (χ1) is 9.58. The fraction of sp³-hybridized carbons (Fsp3) is 1.00. The molecule has 0 aromatic rings. The van der Waals surface area contributed by atoms with E-state index in [-0.39, 0.29) is 18.2 Å². The summed E-state index contributed by atoms with van der Waals surface area (Å²) in [6, 6.07) is -0.0178. The van der Waals surface area contributed by atoms with Gasteiger partial charge in [-0.3, -0.25) is 0 Å². The lowest BCUT2D eigenvalue weighted by molar-refractivity contribution is 0.0906. The number of rotatable bonds is 6. The number of ether oxygens (including phenoxy) is 1. The van der Waals surface area contributed by atoms with Crippen LogP contribution in [0, 0.1) is 0 Å². The third-order valence-corrected chi connectivity index (χ3v) is 6.08. The number of hydrogen-bond donors (Lipinski definition) is 2. The zero-order valence-corrected chi connectivity index (χ0v) is 13.3. The van der Waals surface area contributed by atoms with E-state index in [0.29, 0.717) is 13.1 Å². The number of piperidine rings is 1. The van der Waals surface area contributed by atoms with Crippen LogP contribution in [0.1, 0.15) is 38.5 Å². The molecule has 0 aromatic carbocycles. The van der Waals surface area contributed by atoms with Crippen LogP contribution in [0.4, 0.5) is 0 Å². The molecule has 1 saturated carbocycles. The normalized spacial score (nSPS) is 32.6. The Hall–Kier alpha value is -0.210. The molecular weight excluding hydrogens is 278 g/mol. The Labute approximate surface area is 122 Å². The van der Waals surface area contributed by atoms with Gasteiger partial charge in [-0.2, -0.15) is 17.4 Å². The van der Waals surface area contributed by atoms with Gasteiger partial charge in [-0.05, 0) is 39.2 Å². The maximum Gasteiger partial charge on any atom is 0.280 e. The number of nitrogens with zero attached hydrogens (tertiary/aromatic N) is 1. The zero-order valence-electron chi connectivity index (χ0n) is 12.5. The molecule has 0 aromatic heterocycles. The largest absolute Gasteiger partial charge is 0.380 e. The number of likely N-dealkylation sites (N-methyl/N-ethyl adjacent to an activating group) is 1. The fourth-order valence-corrected chi connectivity index (χ4v) is 5.06. The molecule has 7 heteroatoms. The number of hydrogen-bond acceptors (Lipinski definition) is 4. The van der Waals surface area contributed by atoms with Crippen LogP contribution in [0.5, 0.6) is 0 Å². The highest BCUT2D eigenvalue weighted by atomic mass is 32.2. The molecule has 0 radical (unpaired) electrons. The predicted octanol–water partition coefficient (Wildman–Crippen LogP) is 0.462. The molecule has 0 bridgehead atoms.